The van der Waals surface area contributed by atoms with E-state index in [1.165, 1.54) is 0 Å². The van der Waals surface area contributed by atoms with Crippen LogP contribution in [-0.2, 0) is 4.79 Å². The fourth-order valence-corrected chi connectivity index (χ4v) is 0.894. The zero-order chi connectivity index (χ0) is 10.3. The molecule has 4 heteroatoms. The molecule has 0 rings (SSSR count). The molecular weight excluding hydrogens is 170 g/mol. The van der Waals surface area contributed by atoms with E-state index in [1.807, 2.05) is 13.8 Å². The van der Waals surface area contributed by atoms with Crippen molar-refractivity contribution in [3.8, 4) is 0 Å². The second-order valence-corrected chi connectivity index (χ2v) is 3.21. The van der Waals surface area contributed by atoms with Gasteiger partial charge in [0, 0.05) is 12.5 Å². The Morgan fingerprint density at radius 3 is 2.46 bits per heavy atom. The number of carbonyl (C=O) groups is 1. The summed E-state index contributed by atoms with van der Waals surface area (Å²) in [6, 6.07) is -0.313. The monoisotopic (exact) mass is 189 g/mol. The van der Waals surface area contributed by atoms with E-state index in [0.29, 0.717) is 6.42 Å². The van der Waals surface area contributed by atoms with Crippen molar-refractivity contribution in [3.63, 3.8) is 0 Å². The second kappa shape index (κ2) is 6.86. The van der Waals surface area contributed by atoms with Crippen LogP contribution in [0.3, 0.4) is 0 Å². The first-order valence-electron chi connectivity index (χ1n) is 4.67. The van der Waals surface area contributed by atoms with E-state index in [9.17, 15) is 4.79 Å². The molecule has 4 nitrogen and oxygen atoms in total. The zero-order valence-corrected chi connectivity index (χ0v) is 8.29. The van der Waals surface area contributed by atoms with E-state index in [0.717, 1.165) is 6.42 Å². The summed E-state index contributed by atoms with van der Waals surface area (Å²) in [5, 5.41) is 20.1. The van der Waals surface area contributed by atoms with Gasteiger partial charge in [-0.05, 0) is 12.8 Å². The van der Waals surface area contributed by atoms with Crippen molar-refractivity contribution in [2.24, 2.45) is 5.92 Å². The van der Waals surface area contributed by atoms with Gasteiger partial charge in [-0.25, -0.2) is 0 Å². The van der Waals surface area contributed by atoms with Crippen molar-refractivity contribution in [1.29, 1.82) is 0 Å². The van der Waals surface area contributed by atoms with Gasteiger partial charge in [-0.1, -0.05) is 13.8 Å². The van der Waals surface area contributed by atoms with E-state index in [2.05, 4.69) is 5.32 Å². The molecule has 3 N–H and O–H groups in total. The van der Waals surface area contributed by atoms with E-state index in [1.54, 1.807) is 0 Å². The Morgan fingerprint density at radius 1 is 1.46 bits per heavy atom. The molecule has 0 saturated heterocycles. The van der Waals surface area contributed by atoms with Crippen molar-refractivity contribution in [3.05, 3.63) is 0 Å². The number of nitrogens with one attached hydrogen (secondary N) is 1. The van der Waals surface area contributed by atoms with Gasteiger partial charge < -0.3 is 15.5 Å². The largest absolute Gasteiger partial charge is 0.396 e. The molecule has 0 aromatic carbocycles. The zero-order valence-electron chi connectivity index (χ0n) is 8.29. The Balaban J connectivity index is 3.85. The van der Waals surface area contributed by atoms with Crippen LogP contribution in [0.1, 0.15) is 26.7 Å². The summed E-state index contributed by atoms with van der Waals surface area (Å²) in [4.78, 5) is 11.3. The maximum absolute atomic E-state index is 11.3. The van der Waals surface area contributed by atoms with Crippen LogP contribution in [0.5, 0.6) is 0 Å². The van der Waals surface area contributed by atoms with Crippen LogP contribution < -0.4 is 5.32 Å². The molecule has 1 amide bonds. The molecule has 0 saturated carbocycles. The van der Waals surface area contributed by atoms with Crippen LogP contribution in [0, 0.1) is 5.92 Å². The molecule has 0 bridgehead atoms. The smallest absolute Gasteiger partial charge is 0.223 e. The van der Waals surface area contributed by atoms with Crippen LogP contribution in [0.25, 0.3) is 0 Å². The minimum atomic E-state index is -0.313. The average molecular weight is 189 g/mol. The highest BCUT2D eigenvalue weighted by Gasteiger charge is 2.14. The van der Waals surface area contributed by atoms with Gasteiger partial charge in [0.25, 0.3) is 0 Å². The molecule has 0 aliphatic rings. The molecular formula is C9H19NO3. The summed E-state index contributed by atoms with van der Waals surface area (Å²) in [5.41, 5.74) is 0. The summed E-state index contributed by atoms with van der Waals surface area (Å²) >= 11 is 0. The van der Waals surface area contributed by atoms with Crippen molar-refractivity contribution < 1.29 is 15.0 Å². The fraction of sp³-hybridized carbons (Fsp3) is 0.889. The molecule has 0 aliphatic heterocycles. The summed E-state index contributed by atoms with van der Waals surface area (Å²) in [5.74, 6) is -0.0947. The molecule has 0 fully saturated rings. The fourth-order valence-electron chi connectivity index (χ4n) is 0.894. The van der Waals surface area contributed by atoms with Crippen LogP contribution in [0.2, 0.25) is 0 Å². The van der Waals surface area contributed by atoms with Crippen LogP contribution >= 0.6 is 0 Å². The number of aliphatic hydroxyl groups excluding tert-OH is 2. The van der Waals surface area contributed by atoms with E-state index in [4.69, 9.17) is 10.2 Å². The predicted molar refractivity (Wildman–Crippen MR) is 50.2 cm³/mol. The van der Waals surface area contributed by atoms with Gasteiger partial charge in [-0.15, -0.1) is 0 Å². The van der Waals surface area contributed by atoms with Crippen molar-refractivity contribution in [1.82, 2.24) is 5.32 Å². The summed E-state index contributed by atoms with van der Waals surface area (Å²) in [6.07, 6.45) is 1.18. The summed E-state index contributed by atoms with van der Waals surface area (Å²) in [7, 11) is 0. The lowest BCUT2D eigenvalue weighted by atomic mass is 10.1. The first-order chi connectivity index (χ1) is 6.15. The van der Waals surface area contributed by atoms with Gasteiger partial charge in [-0.2, -0.15) is 0 Å². The van der Waals surface area contributed by atoms with E-state index in [-0.39, 0.29) is 31.1 Å². The minimum Gasteiger partial charge on any atom is -0.396 e. The lowest BCUT2D eigenvalue weighted by Crippen LogP contribution is -2.40. The van der Waals surface area contributed by atoms with Crippen LogP contribution in [-0.4, -0.2) is 35.4 Å². The molecule has 78 valence electrons. The molecule has 2 unspecified atom stereocenters. The minimum absolute atomic E-state index is 0.0218. The SMILES string of the molecule is CCC(C)C(=O)NC(CO)CCO. The number of amides is 1. The number of hydrogen-bond donors (Lipinski definition) is 3. The van der Waals surface area contributed by atoms with Crippen molar-refractivity contribution >= 4 is 5.91 Å². The number of carbonyl (C=O) groups excluding carboxylic acids is 1. The Hall–Kier alpha value is -0.610. The molecule has 0 radical (unpaired) electrons. The number of hydrogen-bond acceptors (Lipinski definition) is 3. The van der Waals surface area contributed by atoms with E-state index >= 15 is 0 Å². The van der Waals surface area contributed by atoms with Gasteiger partial charge in [0.05, 0.1) is 12.6 Å². The Morgan fingerprint density at radius 2 is 2.08 bits per heavy atom. The highest BCUT2D eigenvalue weighted by molar-refractivity contribution is 5.78. The predicted octanol–water partition coefficient (Wildman–Crippen LogP) is -0.108. The van der Waals surface area contributed by atoms with Crippen molar-refractivity contribution in [2.75, 3.05) is 13.2 Å². The van der Waals surface area contributed by atoms with Crippen LogP contribution in [0.4, 0.5) is 0 Å². The number of rotatable bonds is 6. The highest BCUT2D eigenvalue weighted by Crippen LogP contribution is 2.01. The summed E-state index contributed by atoms with van der Waals surface area (Å²) < 4.78 is 0. The molecule has 0 spiro atoms. The van der Waals surface area contributed by atoms with Gasteiger partial charge in [0.2, 0.25) is 5.91 Å². The Bertz CT molecular complexity index is 150. The van der Waals surface area contributed by atoms with Gasteiger partial charge >= 0.3 is 0 Å². The molecule has 0 aromatic rings. The third-order valence-corrected chi connectivity index (χ3v) is 2.10. The average Bonchev–Trinajstić information content (AvgIpc) is 2.15. The molecule has 0 aromatic heterocycles. The third kappa shape index (κ3) is 4.85. The number of aliphatic hydroxyl groups is 2. The van der Waals surface area contributed by atoms with Gasteiger partial charge in [-0.3, -0.25) is 4.79 Å². The highest BCUT2D eigenvalue weighted by atomic mass is 16.3. The van der Waals surface area contributed by atoms with Crippen LogP contribution in [0.15, 0.2) is 0 Å². The van der Waals surface area contributed by atoms with Gasteiger partial charge in [0.1, 0.15) is 0 Å². The maximum atomic E-state index is 11.3. The first kappa shape index (κ1) is 12.4. The molecule has 0 heterocycles. The summed E-state index contributed by atoms with van der Waals surface area (Å²) in [6.45, 7) is 3.63. The molecule has 2 atom stereocenters. The lowest BCUT2D eigenvalue weighted by Gasteiger charge is -2.17. The Kier molecular flexibility index (Phi) is 6.54. The standard InChI is InChI=1S/C9H19NO3/c1-3-7(2)9(13)10-8(6-12)4-5-11/h7-8,11-12H,3-6H2,1-2H3,(H,10,13). The van der Waals surface area contributed by atoms with Gasteiger partial charge in [0.15, 0.2) is 0 Å². The maximum Gasteiger partial charge on any atom is 0.223 e. The second-order valence-electron chi connectivity index (χ2n) is 3.21. The van der Waals surface area contributed by atoms with E-state index < -0.39 is 0 Å². The topological polar surface area (TPSA) is 69.6 Å². The quantitative estimate of drug-likeness (QED) is 0.546. The van der Waals surface area contributed by atoms with Crippen molar-refractivity contribution in [2.45, 2.75) is 32.7 Å². The third-order valence-electron chi connectivity index (χ3n) is 2.10. The molecule has 0 aliphatic carbocycles. The normalized spacial score (nSPS) is 15.1. The Labute approximate surface area is 79.0 Å². The molecule has 13 heavy (non-hydrogen) atoms. The first-order valence-corrected chi connectivity index (χ1v) is 4.67. The lowest BCUT2D eigenvalue weighted by molar-refractivity contribution is -0.125.